The Hall–Kier alpha value is -2.15. The minimum atomic E-state index is -0.561. The summed E-state index contributed by atoms with van der Waals surface area (Å²) in [6.07, 6.45) is 3.32. The molecular formula is C16H11Cl2N3O2S. The second kappa shape index (κ2) is 6.39. The first-order valence-corrected chi connectivity index (χ1v) is 8.03. The van der Waals surface area contributed by atoms with Crippen molar-refractivity contribution < 1.29 is 9.59 Å². The quantitative estimate of drug-likeness (QED) is 0.495. The van der Waals surface area contributed by atoms with E-state index in [1.54, 1.807) is 28.8 Å². The molecule has 0 bridgehead atoms. The second-order valence-corrected chi connectivity index (χ2v) is 6.25. The highest BCUT2D eigenvalue weighted by Crippen LogP contribution is 2.34. The lowest BCUT2D eigenvalue weighted by Crippen LogP contribution is -2.54. The van der Waals surface area contributed by atoms with E-state index in [9.17, 15) is 9.59 Å². The summed E-state index contributed by atoms with van der Waals surface area (Å²) in [6.45, 7) is 0. The lowest BCUT2D eigenvalue weighted by molar-refractivity contribution is -0.122. The number of aromatic nitrogens is 1. The number of rotatable bonds is 2. The van der Waals surface area contributed by atoms with E-state index in [1.165, 1.54) is 11.0 Å². The molecular weight excluding hydrogens is 369 g/mol. The monoisotopic (exact) mass is 379 g/mol. The van der Waals surface area contributed by atoms with Gasteiger partial charge in [0.2, 0.25) is 0 Å². The van der Waals surface area contributed by atoms with Crippen LogP contribution >= 0.6 is 35.4 Å². The highest BCUT2D eigenvalue weighted by molar-refractivity contribution is 7.80. The summed E-state index contributed by atoms with van der Waals surface area (Å²) < 4.78 is 1.79. The van der Waals surface area contributed by atoms with Crippen molar-refractivity contribution in [2.75, 3.05) is 4.90 Å². The number of carbonyl (C=O) groups excluding carboxylic acids is 2. The van der Waals surface area contributed by atoms with Gasteiger partial charge in [0.15, 0.2) is 5.11 Å². The molecule has 2 amide bonds. The number of thiocarbonyl (C=S) groups is 1. The molecule has 1 aromatic heterocycles. The van der Waals surface area contributed by atoms with Gasteiger partial charge in [0.25, 0.3) is 11.8 Å². The molecule has 1 fully saturated rings. The largest absolute Gasteiger partial charge is 0.351 e. The number of amides is 2. The van der Waals surface area contributed by atoms with E-state index in [4.69, 9.17) is 35.4 Å². The SMILES string of the molecule is Cn1cccc1C=C1C(=O)NC(=S)N(c2cccc(Cl)c2Cl)C1=O. The number of aryl methyl sites for hydroxylation is 1. The number of hydrogen-bond acceptors (Lipinski definition) is 3. The maximum absolute atomic E-state index is 12.8. The third-order valence-electron chi connectivity index (χ3n) is 3.55. The van der Waals surface area contributed by atoms with Crippen LogP contribution in [0.3, 0.4) is 0 Å². The first-order valence-electron chi connectivity index (χ1n) is 6.87. The number of benzene rings is 1. The van der Waals surface area contributed by atoms with Crippen molar-refractivity contribution in [3.63, 3.8) is 0 Å². The molecule has 3 rings (SSSR count). The van der Waals surface area contributed by atoms with Crippen molar-refractivity contribution in [1.82, 2.24) is 9.88 Å². The average molecular weight is 380 g/mol. The van der Waals surface area contributed by atoms with Gasteiger partial charge in [-0.2, -0.15) is 0 Å². The average Bonchev–Trinajstić information content (AvgIpc) is 2.93. The third-order valence-corrected chi connectivity index (χ3v) is 4.64. The van der Waals surface area contributed by atoms with Crippen molar-refractivity contribution in [3.8, 4) is 0 Å². The smallest absolute Gasteiger partial charge is 0.270 e. The summed E-state index contributed by atoms with van der Waals surface area (Å²) in [7, 11) is 1.81. The maximum Gasteiger partial charge on any atom is 0.270 e. The van der Waals surface area contributed by atoms with Crippen LogP contribution in [0.2, 0.25) is 10.0 Å². The van der Waals surface area contributed by atoms with Crippen LogP contribution < -0.4 is 10.2 Å². The minimum absolute atomic E-state index is 0.0403. The normalized spacial score (nSPS) is 16.7. The van der Waals surface area contributed by atoms with Gasteiger partial charge in [-0.25, -0.2) is 0 Å². The number of nitrogens with zero attached hydrogens (tertiary/aromatic N) is 2. The molecule has 8 heteroatoms. The van der Waals surface area contributed by atoms with Gasteiger partial charge >= 0.3 is 0 Å². The molecule has 2 aromatic rings. The minimum Gasteiger partial charge on any atom is -0.351 e. The predicted octanol–water partition coefficient (Wildman–Crippen LogP) is 3.16. The molecule has 0 atom stereocenters. The number of anilines is 1. The van der Waals surface area contributed by atoms with Crippen molar-refractivity contribution in [2.24, 2.45) is 7.05 Å². The highest BCUT2D eigenvalue weighted by Gasteiger charge is 2.35. The van der Waals surface area contributed by atoms with E-state index in [1.807, 2.05) is 19.3 Å². The van der Waals surface area contributed by atoms with Crippen LogP contribution in [0.5, 0.6) is 0 Å². The molecule has 24 heavy (non-hydrogen) atoms. The van der Waals surface area contributed by atoms with Crippen LogP contribution in [0.25, 0.3) is 6.08 Å². The third kappa shape index (κ3) is 2.84. The maximum atomic E-state index is 12.8. The lowest BCUT2D eigenvalue weighted by Gasteiger charge is -2.29. The van der Waals surface area contributed by atoms with Gasteiger partial charge in [-0.15, -0.1) is 0 Å². The van der Waals surface area contributed by atoms with E-state index in [-0.39, 0.29) is 20.7 Å². The molecule has 1 aliphatic rings. The van der Waals surface area contributed by atoms with Gasteiger partial charge in [0.1, 0.15) is 5.57 Å². The van der Waals surface area contributed by atoms with Crippen molar-refractivity contribution in [2.45, 2.75) is 0 Å². The van der Waals surface area contributed by atoms with E-state index < -0.39 is 11.8 Å². The number of nitrogens with one attached hydrogen (secondary N) is 1. The first-order chi connectivity index (χ1) is 11.4. The molecule has 0 spiro atoms. The van der Waals surface area contributed by atoms with Crippen LogP contribution in [-0.2, 0) is 16.6 Å². The molecule has 122 valence electrons. The van der Waals surface area contributed by atoms with Crippen LogP contribution in [0.1, 0.15) is 5.69 Å². The summed E-state index contributed by atoms with van der Waals surface area (Å²) >= 11 is 17.3. The topological polar surface area (TPSA) is 54.3 Å². The molecule has 0 unspecified atom stereocenters. The fourth-order valence-electron chi connectivity index (χ4n) is 2.31. The molecule has 1 aromatic carbocycles. The lowest BCUT2D eigenvalue weighted by atomic mass is 10.1. The van der Waals surface area contributed by atoms with Crippen molar-refractivity contribution in [1.29, 1.82) is 0 Å². The Morgan fingerprint density at radius 2 is 1.92 bits per heavy atom. The van der Waals surface area contributed by atoms with Crippen LogP contribution in [0.15, 0.2) is 42.1 Å². The predicted molar refractivity (Wildman–Crippen MR) is 98.1 cm³/mol. The molecule has 0 saturated carbocycles. The number of halogens is 2. The van der Waals surface area contributed by atoms with E-state index in [0.29, 0.717) is 11.4 Å². The van der Waals surface area contributed by atoms with Crippen LogP contribution in [-0.4, -0.2) is 21.5 Å². The molecule has 0 radical (unpaired) electrons. The number of hydrogen-bond donors (Lipinski definition) is 1. The van der Waals surface area contributed by atoms with E-state index in [0.717, 1.165) is 0 Å². The molecule has 5 nitrogen and oxygen atoms in total. The summed E-state index contributed by atoms with van der Waals surface area (Å²) in [6, 6.07) is 8.46. The zero-order valence-electron chi connectivity index (χ0n) is 12.4. The van der Waals surface area contributed by atoms with Crippen LogP contribution in [0.4, 0.5) is 5.69 Å². The van der Waals surface area contributed by atoms with Crippen molar-refractivity contribution >= 4 is 64.1 Å². The Kier molecular flexibility index (Phi) is 4.45. The Labute approximate surface area is 153 Å². The Morgan fingerprint density at radius 1 is 1.17 bits per heavy atom. The van der Waals surface area contributed by atoms with Gasteiger partial charge in [-0.05, 0) is 42.6 Å². The zero-order valence-corrected chi connectivity index (χ0v) is 14.7. The number of carbonyl (C=O) groups is 2. The Bertz CT molecular complexity index is 904. The van der Waals surface area contributed by atoms with Gasteiger partial charge in [-0.3, -0.25) is 19.8 Å². The van der Waals surface area contributed by atoms with Gasteiger partial charge in [0, 0.05) is 18.9 Å². The summed E-state index contributed by atoms with van der Waals surface area (Å²) in [5.74, 6) is -1.12. The van der Waals surface area contributed by atoms with Gasteiger partial charge < -0.3 is 4.57 Å². The first kappa shape index (κ1) is 16.7. The Morgan fingerprint density at radius 3 is 2.58 bits per heavy atom. The zero-order chi connectivity index (χ0) is 17.4. The standard InChI is InChI=1S/C16H11Cl2N3O2S/c1-20-7-3-4-9(20)8-10-14(22)19-16(24)21(15(10)23)12-6-2-5-11(17)13(12)18/h2-8H,1H3,(H,19,22,24). The van der Waals surface area contributed by atoms with E-state index >= 15 is 0 Å². The summed E-state index contributed by atoms with van der Waals surface area (Å²) in [5, 5.41) is 2.93. The summed E-state index contributed by atoms with van der Waals surface area (Å²) in [4.78, 5) is 26.2. The van der Waals surface area contributed by atoms with E-state index in [2.05, 4.69) is 5.32 Å². The van der Waals surface area contributed by atoms with Crippen molar-refractivity contribution in [3.05, 3.63) is 57.8 Å². The molecule has 1 saturated heterocycles. The van der Waals surface area contributed by atoms with Crippen LogP contribution in [0, 0.1) is 0 Å². The molecule has 0 aliphatic carbocycles. The summed E-state index contributed by atoms with van der Waals surface area (Å²) in [5.41, 5.74) is 0.983. The van der Waals surface area contributed by atoms with Gasteiger partial charge in [-0.1, -0.05) is 29.3 Å². The second-order valence-electron chi connectivity index (χ2n) is 5.07. The molecule has 1 N–H and O–H groups in total. The highest BCUT2D eigenvalue weighted by atomic mass is 35.5. The fourth-order valence-corrected chi connectivity index (χ4v) is 2.97. The van der Waals surface area contributed by atoms with Gasteiger partial charge in [0.05, 0.1) is 15.7 Å². The molecule has 1 aliphatic heterocycles. The Balaban J connectivity index is 2.09. The fraction of sp³-hybridized carbons (Fsp3) is 0.0625. The molecule has 2 heterocycles.